The summed E-state index contributed by atoms with van der Waals surface area (Å²) < 4.78 is 0. The van der Waals surface area contributed by atoms with E-state index in [-0.39, 0.29) is 6.61 Å². The fourth-order valence-electron chi connectivity index (χ4n) is 2.06. The minimum atomic E-state index is 0.289. The van der Waals surface area contributed by atoms with Gasteiger partial charge in [-0.25, -0.2) is 0 Å². The third-order valence-electron chi connectivity index (χ3n) is 3.63. The number of aliphatic hydroxyl groups is 1. The lowest BCUT2D eigenvalue weighted by molar-refractivity contribution is 0.253. The summed E-state index contributed by atoms with van der Waals surface area (Å²) in [4.78, 5) is 0. The van der Waals surface area contributed by atoms with Crippen LogP contribution in [0.3, 0.4) is 0 Å². The Labute approximate surface area is 96.7 Å². The molecule has 0 saturated heterocycles. The number of nitrogens with two attached hydrogens (primary N) is 1. The number of benzene rings is 1. The first kappa shape index (κ1) is 11.3. The molecule has 0 heterocycles. The van der Waals surface area contributed by atoms with Gasteiger partial charge in [-0.05, 0) is 49.3 Å². The SMILES string of the molecule is Cc1c(N)cccc1NCC1(CCO)CC1. The van der Waals surface area contributed by atoms with E-state index in [0.29, 0.717) is 5.41 Å². The van der Waals surface area contributed by atoms with Crippen molar-refractivity contribution in [3.05, 3.63) is 23.8 Å². The normalized spacial score (nSPS) is 17.1. The van der Waals surface area contributed by atoms with Gasteiger partial charge in [-0.3, -0.25) is 0 Å². The molecule has 3 nitrogen and oxygen atoms in total. The van der Waals surface area contributed by atoms with Gasteiger partial charge in [0.1, 0.15) is 0 Å². The van der Waals surface area contributed by atoms with E-state index in [9.17, 15) is 0 Å². The summed E-state index contributed by atoms with van der Waals surface area (Å²) in [5.41, 5.74) is 9.25. The molecule has 0 amide bonds. The van der Waals surface area contributed by atoms with Crippen molar-refractivity contribution in [1.82, 2.24) is 0 Å². The highest BCUT2D eigenvalue weighted by molar-refractivity contribution is 5.62. The summed E-state index contributed by atoms with van der Waals surface area (Å²) in [5.74, 6) is 0. The molecule has 1 fully saturated rings. The average Bonchev–Trinajstić information content (AvgIpc) is 3.02. The molecule has 0 unspecified atom stereocenters. The van der Waals surface area contributed by atoms with Gasteiger partial charge in [-0.2, -0.15) is 0 Å². The standard InChI is InChI=1S/C13H20N2O/c1-10-11(14)3-2-4-12(10)15-9-13(5-6-13)7-8-16/h2-4,15-16H,5-9,14H2,1H3. The van der Waals surface area contributed by atoms with Gasteiger partial charge < -0.3 is 16.2 Å². The topological polar surface area (TPSA) is 58.3 Å². The van der Waals surface area contributed by atoms with Crippen molar-refractivity contribution < 1.29 is 5.11 Å². The van der Waals surface area contributed by atoms with Gasteiger partial charge in [-0.1, -0.05) is 6.07 Å². The molecule has 2 rings (SSSR count). The second-order valence-corrected chi connectivity index (χ2v) is 4.85. The van der Waals surface area contributed by atoms with Gasteiger partial charge in [0.05, 0.1) is 0 Å². The zero-order valence-electron chi connectivity index (χ0n) is 9.79. The number of anilines is 2. The van der Waals surface area contributed by atoms with Crippen molar-refractivity contribution >= 4 is 11.4 Å². The van der Waals surface area contributed by atoms with Crippen molar-refractivity contribution in [1.29, 1.82) is 0 Å². The van der Waals surface area contributed by atoms with Gasteiger partial charge in [0.15, 0.2) is 0 Å². The largest absolute Gasteiger partial charge is 0.398 e. The summed E-state index contributed by atoms with van der Waals surface area (Å²) in [6, 6.07) is 5.94. The van der Waals surface area contributed by atoms with E-state index in [4.69, 9.17) is 10.8 Å². The second-order valence-electron chi connectivity index (χ2n) is 4.85. The molecular formula is C13H20N2O. The van der Waals surface area contributed by atoms with Gasteiger partial charge in [-0.15, -0.1) is 0 Å². The first-order valence-corrected chi connectivity index (χ1v) is 5.87. The van der Waals surface area contributed by atoms with Crippen molar-refractivity contribution in [3.63, 3.8) is 0 Å². The Hall–Kier alpha value is -1.22. The molecule has 0 aliphatic heterocycles. The van der Waals surface area contributed by atoms with Crippen LogP contribution in [-0.4, -0.2) is 18.3 Å². The van der Waals surface area contributed by atoms with Crippen molar-refractivity contribution in [2.24, 2.45) is 5.41 Å². The van der Waals surface area contributed by atoms with Crippen LogP contribution in [0.15, 0.2) is 18.2 Å². The van der Waals surface area contributed by atoms with E-state index < -0.39 is 0 Å². The van der Waals surface area contributed by atoms with Crippen LogP contribution < -0.4 is 11.1 Å². The molecule has 1 aromatic rings. The Kier molecular flexibility index (Phi) is 3.06. The summed E-state index contributed by atoms with van der Waals surface area (Å²) in [6.07, 6.45) is 3.35. The molecule has 1 aliphatic rings. The summed E-state index contributed by atoms with van der Waals surface area (Å²) in [5, 5.41) is 12.4. The van der Waals surface area contributed by atoms with Crippen LogP contribution in [0.4, 0.5) is 11.4 Å². The van der Waals surface area contributed by atoms with Gasteiger partial charge in [0.25, 0.3) is 0 Å². The third kappa shape index (κ3) is 2.30. The van der Waals surface area contributed by atoms with E-state index in [1.165, 1.54) is 12.8 Å². The molecule has 0 spiro atoms. The first-order valence-electron chi connectivity index (χ1n) is 5.87. The molecule has 1 aromatic carbocycles. The van der Waals surface area contributed by atoms with Crippen LogP contribution in [0, 0.1) is 12.3 Å². The third-order valence-corrected chi connectivity index (χ3v) is 3.63. The minimum Gasteiger partial charge on any atom is -0.398 e. The van der Waals surface area contributed by atoms with Crippen LogP contribution in [0.25, 0.3) is 0 Å². The Bertz CT molecular complexity index is 372. The van der Waals surface area contributed by atoms with E-state index in [1.54, 1.807) is 0 Å². The molecule has 16 heavy (non-hydrogen) atoms. The predicted molar refractivity (Wildman–Crippen MR) is 67.5 cm³/mol. The summed E-state index contributed by atoms with van der Waals surface area (Å²) >= 11 is 0. The second kappa shape index (κ2) is 4.34. The van der Waals surface area contributed by atoms with Crippen molar-refractivity contribution in [2.45, 2.75) is 26.2 Å². The predicted octanol–water partition coefficient (Wildman–Crippen LogP) is 2.15. The lowest BCUT2D eigenvalue weighted by Gasteiger charge is -2.17. The highest BCUT2D eigenvalue weighted by Gasteiger charge is 2.41. The number of rotatable bonds is 5. The smallest absolute Gasteiger partial charge is 0.0436 e. The molecule has 0 radical (unpaired) electrons. The maximum absolute atomic E-state index is 8.99. The Balaban J connectivity index is 1.97. The Morgan fingerprint density at radius 2 is 2.19 bits per heavy atom. The Morgan fingerprint density at radius 1 is 1.44 bits per heavy atom. The maximum atomic E-state index is 8.99. The fraction of sp³-hybridized carbons (Fsp3) is 0.538. The molecule has 1 saturated carbocycles. The van der Waals surface area contributed by atoms with Crippen LogP contribution >= 0.6 is 0 Å². The summed E-state index contributed by atoms with van der Waals surface area (Å²) in [7, 11) is 0. The quantitative estimate of drug-likeness (QED) is 0.666. The van der Waals surface area contributed by atoms with Gasteiger partial charge in [0, 0.05) is 24.5 Å². The molecule has 0 atom stereocenters. The lowest BCUT2D eigenvalue weighted by Crippen LogP contribution is -2.17. The van der Waals surface area contributed by atoms with Crippen molar-refractivity contribution in [3.8, 4) is 0 Å². The van der Waals surface area contributed by atoms with Crippen LogP contribution in [0.2, 0.25) is 0 Å². The van der Waals surface area contributed by atoms with E-state index in [1.807, 2.05) is 19.1 Å². The lowest BCUT2D eigenvalue weighted by atomic mass is 10.0. The Morgan fingerprint density at radius 3 is 2.81 bits per heavy atom. The van der Waals surface area contributed by atoms with Crippen molar-refractivity contribution in [2.75, 3.05) is 24.2 Å². The van der Waals surface area contributed by atoms with E-state index >= 15 is 0 Å². The summed E-state index contributed by atoms with van der Waals surface area (Å²) in [6.45, 7) is 3.26. The van der Waals surface area contributed by atoms with Crippen LogP contribution in [0.1, 0.15) is 24.8 Å². The number of nitrogen functional groups attached to an aromatic ring is 1. The number of aliphatic hydroxyl groups excluding tert-OH is 1. The number of hydrogen-bond acceptors (Lipinski definition) is 3. The fourth-order valence-corrected chi connectivity index (χ4v) is 2.06. The molecule has 88 valence electrons. The van der Waals surface area contributed by atoms with E-state index in [2.05, 4.69) is 11.4 Å². The zero-order valence-corrected chi connectivity index (χ0v) is 9.79. The number of nitrogens with one attached hydrogen (secondary N) is 1. The minimum absolute atomic E-state index is 0.289. The zero-order chi connectivity index (χ0) is 11.6. The maximum Gasteiger partial charge on any atom is 0.0436 e. The first-order chi connectivity index (χ1) is 7.67. The van der Waals surface area contributed by atoms with Gasteiger partial charge >= 0.3 is 0 Å². The van der Waals surface area contributed by atoms with Crippen LogP contribution in [-0.2, 0) is 0 Å². The molecule has 1 aliphatic carbocycles. The van der Waals surface area contributed by atoms with Gasteiger partial charge in [0.2, 0.25) is 0 Å². The average molecular weight is 220 g/mol. The molecule has 0 bridgehead atoms. The number of hydrogen-bond donors (Lipinski definition) is 3. The molecule has 4 N–H and O–H groups in total. The van der Waals surface area contributed by atoms with E-state index in [0.717, 1.165) is 29.9 Å². The van der Waals surface area contributed by atoms with Crippen LogP contribution in [0.5, 0.6) is 0 Å². The highest BCUT2D eigenvalue weighted by atomic mass is 16.3. The monoisotopic (exact) mass is 220 g/mol. The molecular weight excluding hydrogens is 200 g/mol. The highest BCUT2D eigenvalue weighted by Crippen LogP contribution is 2.48. The molecule has 3 heteroatoms. The molecule has 0 aromatic heterocycles.